The summed E-state index contributed by atoms with van der Waals surface area (Å²) in [7, 11) is 0. The Kier molecular flexibility index (Phi) is 6.37. The highest BCUT2D eigenvalue weighted by atomic mass is 32.2. The first-order valence-electron chi connectivity index (χ1n) is 7.88. The second-order valence-electron chi connectivity index (χ2n) is 5.57. The zero-order chi connectivity index (χ0) is 18.4. The molecule has 0 unspecified atom stereocenters. The molecule has 0 bridgehead atoms. The number of hydrogen-bond acceptors (Lipinski definition) is 6. The summed E-state index contributed by atoms with van der Waals surface area (Å²) in [4.78, 5) is 30.8. The van der Waals surface area contributed by atoms with E-state index in [-0.39, 0.29) is 28.5 Å². The topological polar surface area (TPSA) is 95.8 Å². The minimum Gasteiger partial charge on any atom is -0.462 e. The van der Waals surface area contributed by atoms with E-state index in [4.69, 9.17) is 4.74 Å². The number of esters is 1. The Balaban J connectivity index is 2.26. The number of rotatable bonds is 6. The number of H-pyrrole nitrogens is 1. The molecule has 1 atom stereocenters. The highest BCUT2D eigenvalue weighted by Crippen LogP contribution is 2.22. The fraction of sp³-hybridized carbons (Fsp3) is 0.333. The smallest absolute Gasteiger partial charge is 0.316 e. The molecule has 25 heavy (non-hydrogen) atoms. The van der Waals surface area contributed by atoms with Crippen molar-refractivity contribution < 1.29 is 9.53 Å². The average Bonchev–Trinajstić information content (AvgIpc) is 2.60. The Morgan fingerprint density at radius 2 is 2.08 bits per heavy atom. The first kappa shape index (κ1) is 18.7. The summed E-state index contributed by atoms with van der Waals surface area (Å²) >= 11 is 1.08. The van der Waals surface area contributed by atoms with Crippen LogP contribution in [0.4, 0.5) is 0 Å². The van der Waals surface area contributed by atoms with Gasteiger partial charge in [0.05, 0.1) is 17.6 Å². The van der Waals surface area contributed by atoms with Crippen molar-refractivity contribution in [2.45, 2.75) is 38.5 Å². The van der Waals surface area contributed by atoms with E-state index >= 15 is 0 Å². The number of ether oxygens (including phenoxy) is 1. The van der Waals surface area contributed by atoms with E-state index in [2.05, 4.69) is 9.97 Å². The van der Waals surface area contributed by atoms with Crippen molar-refractivity contribution >= 4 is 17.7 Å². The van der Waals surface area contributed by atoms with Crippen LogP contribution in [0.3, 0.4) is 0 Å². The monoisotopic (exact) mass is 357 g/mol. The summed E-state index contributed by atoms with van der Waals surface area (Å²) in [5.74, 6) is -0.338. The molecule has 0 spiro atoms. The molecule has 1 aromatic heterocycles. The maximum absolute atomic E-state index is 12.2. The second kappa shape index (κ2) is 8.49. The van der Waals surface area contributed by atoms with Crippen molar-refractivity contribution in [2.24, 2.45) is 0 Å². The van der Waals surface area contributed by atoms with Gasteiger partial charge in [-0.2, -0.15) is 5.26 Å². The molecule has 0 aliphatic heterocycles. The summed E-state index contributed by atoms with van der Waals surface area (Å²) in [6, 6.07) is 9.28. The molecule has 130 valence electrons. The molecular formula is C18H19N3O3S. The molecule has 0 aliphatic rings. The van der Waals surface area contributed by atoms with Gasteiger partial charge in [-0.15, -0.1) is 0 Å². The van der Waals surface area contributed by atoms with Gasteiger partial charge < -0.3 is 9.72 Å². The van der Waals surface area contributed by atoms with Crippen LogP contribution in [-0.4, -0.2) is 27.8 Å². The van der Waals surface area contributed by atoms with Crippen molar-refractivity contribution in [3.05, 3.63) is 45.7 Å². The van der Waals surface area contributed by atoms with E-state index < -0.39 is 5.56 Å². The zero-order valence-corrected chi connectivity index (χ0v) is 15.1. The highest BCUT2D eigenvalue weighted by molar-refractivity contribution is 7.99. The van der Waals surface area contributed by atoms with Crippen LogP contribution >= 0.6 is 11.8 Å². The zero-order valence-electron chi connectivity index (χ0n) is 14.3. The molecule has 1 heterocycles. The summed E-state index contributed by atoms with van der Waals surface area (Å²) < 4.78 is 5.19. The Morgan fingerprint density at radius 3 is 2.68 bits per heavy atom. The fourth-order valence-electron chi connectivity index (χ4n) is 2.01. The molecule has 0 saturated heterocycles. The number of thioether (sulfide) groups is 1. The van der Waals surface area contributed by atoms with Crippen LogP contribution in [0.25, 0.3) is 11.3 Å². The van der Waals surface area contributed by atoms with Crippen LogP contribution in [0.5, 0.6) is 0 Å². The maximum Gasteiger partial charge on any atom is 0.316 e. The largest absolute Gasteiger partial charge is 0.462 e. The van der Waals surface area contributed by atoms with Crippen LogP contribution in [0.15, 0.2) is 34.2 Å². The molecule has 0 aliphatic carbocycles. The second-order valence-corrected chi connectivity index (χ2v) is 6.53. The molecule has 7 heteroatoms. The summed E-state index contributed by atoms with van der Waals surface area (Å²) in [6.07, 6.45) is 0.587. The lowest BCUT2D eigenvalue weighted by Gasteiger charge is -2.10. The van der Waals surface area contributed by atoms with Crippen molar-refractivity contribution in [1.29, 1.82) is 5.26 Å². The normalized spacial score (nSPS) is 11.6. The van der Waals surface area contributed by atoms with Gasteiger partial charge in [-0.1, -0.05) is 48.5 Å². The number of aromatic nitrogens is 2. The van der Waals surface area contributed by atoms with E-state index in [9.17, 15) is 14.9 Å². The molecule has 1 N–H and O–H groups in total. The van der Waals surface area contributed by atoms with Crippen molar-refractivity contribution in [3.8, 4) is 17.3 Å². The average molecular weight is 357 g/mol. The van der Waals surface area contributed by atoms with Gasteiger partial charge in [0, 0.05) is 5.56 Å². The number of carbonyl (C=O) groups is 1. The van der Waals surface area contributed by atoms with Gasteiger partial charge in [0.25, 0.3) is 5.56 Å². The van der Waals surface area contributed by atoms with Crippen LogP contribution < -0.4 is 5.56 Å². The quantitative estimate of drug-likeness (QED) is 0.485. The summed E-state index contributed by atoms with van der Waals surface area (Å²) in [6.45, 7) is 5.70. The standard InChI is InChI=1S/C18H19N3O3S/c1-4-12(3)24-15(22)10-25-18-20-16(14(9-19)17(23)21-18)13-7-5-11(2)6-8-13/h5-8,12H,4,10H2,1-3H3,(H,20,21,23)/t12-/m1/s1. The Hall–Kier alpha value is -2.59. The van der Waals surface area contributed by atoms with E-state index in [1.54, 1.807) is 0 Å². The number of nitrogens with zero attached hydrogens (tertiary/aromatic N) is 2. The summed E-state index contributed by atoms with van der Waals surface area (Å²) in [5.41, 5.74) is 1.48. The molecule has 1 aromatic carbocycles. The fourth-order valence-corrected chi connectivity index (χ4v) is 2.66. The number of aromatic amines is 1. The first-order chi connectivity index (χ1) is 11.9. The Labute approximate surface area is 150 Å². The molecule has 6 nitrogen and oxygen atoms in total. The Bertz CT molecular complexity index is 853. The van der Waals surface area contributed by atoms with Crippen LogP contribution in [0.2, 0.25) is 0 Å². The molecule has 2 aromatic rings. The Morgan fingerprint density at radius 1 is 1.40 bits per heavy atom. The van der Waals surface area contributed by atoms with Crippen LogP contribution in [-0.2, 0) is 9.53 Å². The predicted octanol–water partition coefficient (Wildman–Crippen LogP) is 3.05. The molecule has 0 radical (unpaired) electrons. The number of nitrogens with one attached hydrogen (secondary N) is 1. The van der Waals surface area contributed by atoms with Crippen molar-refractivity contribution in [3.63, 3.8) is 0 Å². The third-order valence-electron chi connectivity index (χ3n) is 3.57. The van der Waals surface area contributed by atoms with Gasteiger partial charge in [0.2, 0.25) is 0 Å². The molecule has 0 fully saturated rings. The lowest BCUT2D eigenvalue weighted by molar-refractivity contribution is -0.144. The van der Waals surface area contributed by atoms with E-state index in [0.717, 1.165) is 23.7 Å². The van der Waals surface area contributed by atoms with Crippen molar-refractivity contribution in [1.82, 2.24) is 9.97 Å². The number of hydrogen-bond donors (Lipinski definition) is 1. The van der Waals surface area contributed by atoms with E-state index in [1.807, 2.05) is 51.1 Å². The van der Waals surface area contributed by atoms with Gasteiger partial charge in [-0.25, -0.2) is 4.98 Å². The third kappa shape index (κ3) is 4.94. The number of benzene rings is 1. The number of aryl methyl sites for hydroxylation is 1. The SMILES string of the molecule is CC[C@@H](C)OC(=O)CSc1nc(-c2ccc(C)cc2)c(C#N)c(=O)[nH]1. The summed E-state index contributed by atoms with van der Waals surface area (Å²) in [5, 5.41) is 9.54. The minimum atomic E-state index is -0.522. The predicted molar refractivity (Wildman–Crippen MR) is 96.3 cm³/mol. The van der Waals surface area contributed by atoms with E-state index in [0.29, 0.717) is 11.3 Å². The van der Waals surface area contributed by atoms with Gasteiger partial charge in [-0.3, -0.25) is 9.59 Å². The highest BCUT2D eigenvalue weighted by Gasteiger charge is 2.15. The minimum absolute atomic E-state index is 0.0342. The third-order valence-corrected chi connectivity index (χ3v) is 4.42. The molecule has 0 amide bonds. The van der Waals surface area contributed by atoms with Crippen LogP contribution in [0.1, 0.15) is 31.4 Å². The first-order valence-corrected chi connectivity index (χ1v) is 8.86. The maximum atomic E-state index is 12.2. The number of carbonyl (C=O) groups excluding carboxylic acids is 1. The van der Waals surface area contributed by atoms with E-state index in [1.165, 1.54) is 0 Å². The number of nitriles is 1. The van der Waals surface area contributed by atoms with Crippen molar-refractivity contribution in [2.75, 3.05) is 5.75 Å². The van der Waals surface area contributed by atoms with Gasteiger partial charge >= 0.3 is 5.97 Å². The van der Waals surface area contributed by atoms with Gasteiger partial charge in [0.1, 0.15) is 11.6 Å². The lowest BCUT2D eigenvalue weighted by Crippen LogP contribution is -2.17. The van der Waals surface area contributed by atoms with Gasteiger partial charge in [0.15, 0.2) is 5.16 Å². The molecule has 2 rings (SSSR count). The van der Waals surface area contributed by atoms with Crippen LogP contribution in [0, 0.1) is 18.3 Å². The van der Waals surface area contributed by atoms with Gasteiger partial charge in [-0.05, 0) is 20.3 Å². The lowest BCUT2D eigenvalue weighted by atomic mass is 10.1. The molecular weight excluding hydrogens is 338 g/mol. The molecule has 0 saturated carbocycles.